The molecule has 4 rings (SSSR count). The van der Waals surface area contributed by atoms with E-state index in [9.17, 15) is 9.59 Å². The van der Waals surface area contributed by atoms with Crippen LogP contribution in [0.15, 0.2) is 35.3 Å². The number of hydrogen-bond acceptors (Lipinski definition) is 7. The van der Waals surface area contributed by atoms with Gasteiger partial charge in [0.2, 0.25) is 5.91 Å². The lowest BCUT2D eigenvalue weighted by molar-refractivity contribution is -0.134. The zero-order valence-corrected chi connectivity index (χ0v) is 29.9. The van der Waals surface area contributed by atoms with E-state index in [-0.39, 0.29) is 36.4 Å². The Kier molecular flexibility index (Phi) is 15.2. The fourth-order valence-electron chi connectivity index (χ4n) is 6.12. The average Bonchev–Trinajstić information content (AvgIpc) is 3.60. The summed E-state index contributed by atoms with van der Waals surface area (Å²) in [5.74, 6) is 0.154. The van der Waals surface area contributed by atoms with E-state index in [1.54, 1.807) is 37.3 Å². The maximum absolute atomic E-state index is 14.0. The van der Waals surface area contributed by atoms with Crippen LogP contribution in [-0.4, -0.2) is 128 Å². The predicted octanol–water partition coefficient (Wildman–Crippen LogP) is 4.70. The number of nitrogens with zero attached hydrogens (tertiary/aromatic N) is 4. The van der Waals surface area contributed by atoms with Gasteiger partial charge in [0.05, 0.1) is 36.0 Å². The third-order valence-corrected chi connectivity index (χ3v) is 10.5. The summed E-state index contributed by atoms with van der Waals surface area (Å²) in [4.78, 5) is 38.2. The van der Waals surface area contributed by atoms with Crippen LogP contribution < -0.4 is 5.32 Å². The predicted molar refractivity (Wildman–Crippen MR) is 187 cm³/mol. The van der Waals surface area contributed by atoms with Crippen molar-refractivity contribution in [3.63, 3.8) is 0 Å². The van der Waals surface area contributed by atoms with Gasteiger partial charge in [0.25, 0.3) is 0 Å². The molecule has 1 N–H and O–H groups in total. The Morgan fingerprint density at radius 2 is 1.78 bits per heavy atom. The minimum absolute atomic E-state index is 0.0212. The number of amides is 3. The van der Waals surface area contributed by atoms with Crippen molar-refractivity contribution < 1.29 is 23.8 Å². The molecule has 45 heavy (non-hydrogen) atoms. The first-order chi connectivity index (χ1) is 21.8. The molecule has 3 aliphatic rings. The standard InChI is InChI=1S/C32H46Cl2IN5O5/c1-43-18-16-40(17-19-44-2)32(42)37-27(20-24-7-8-25(33)21-26(24)34)31(41)39-14-9-23(10-15-39)30-28(6-5-11-36-30)45-22-29(35)38-12-3-4-13-38/h5-8,11,21,23,27-30H,3-4,9-10,12-20,22H2,1-2H3,(H,37,42)/t27-,28?,29+,30?/m1/s1. The number of methoxy groups -OCH3 is 2. The number of aliphatic imine (C=N–C) groups is 1. The summed E-state index contributed by atoms with van der Waals surface area (Å²) in [7, 11) is 3.17. The number of halogens is 3. The van der Waals surface area contributed by atoms with Gasteiger partial charge in [-0.05, 0) is 68.5 Å². The molecule has 0 saturated carbocycles. The van der Waals surface area contributed by atoms with Crippen molar-refractivity contribution in [2.45, 2.75) is 54.3 Å². The zero-order valence-electron chi connectivity index (χ0n) is 26.2. The molecular formula is C32H46Cl2IN5O5. The maximum atomic E-state index is 14.0. The van der Waals surface area contributed by atoms with Gasteiger partial charge in [-0.1, -0.05) is 57.9 Å². The third-order valence-electron chi connectivity index (χ3n) is 8.73. The Hall–Kier alpha value is -1.48. The van der Waals surface area contributed by atoms with E-state index in [1.807, 2.05) is 17.2 Å². The van der Waals surface area contributed by atoms with Crippen LogP contribution >= 0.6 is 45.8 Å². The number of dihydropyridines is 1. The lowest BCUT2D eigenvalue weighted by atomic mass is 9.85. The summed E-state index contributed by atoms with van der Waals surface area (Å²) in [6.07, 6.45) is 10.2. The second-order valence-corrected chi connectivity index (χ2v) is 14.0. The normalized spacial score (nSPS) is 22.0. The fourth-order valence-corrected chi connectivity index (χ4v) is 7.37. The molecule has 2 saturated heterocycles. The van der Waals surface area contributed by atoms with Crippen LogP contribution in [-0.2, 0) is 25.4 Å². The van der Waals surface area contributed by atoms with Gasteiger partial charge in [-0.3, -0.25) is 14.7 Å². The molecule has 2 unspecified atom stereocenters. The lowest BCUT2D eigenvalue weighted by Crippen LogP contribution is -2.55. The van der Waals surface area contributed by atoms with Crippen molar-refractivity contribution in [2.75, 3.05) is 73.3 Å². The number of piperidine rings is 1. The van der Waals surface area contributed by atoms with Gasteiger partial charge in [-0.15, -0.1) is 0 Å². The van der Waals surface area contributed by atoms with Gasteiger partial charge < -0.3 is 29.3 Å². The minimum atomic E-state index is -0.807. The van der Waals surface area contributed by atoms with Crippen molar-refractivity contribution in [3.8, 4) is 0 Å². The third kappa shape index (κ3) is 10.8. The second kappa shape index (κ2) is 18.8. The molecule has 0 aliphatic carbocycles. The molecule has 0 spiro atoms. The van der Waals surface area contributed by atoms with Gasteiger partial charge in [0.1, 0.15) is 6.04 Å². The SMILES string of the molecule is COCCN(CCOC)C(=O)N[C@H](Cc1ccc(Cl)cc1Cl)C(=O)N1CCC(C2N=CC=CC2OC[C@@H](I)N2CCCC2)CC1. The first kappa shape index (κ1) is 36.4. The molecule has 2 fully saturated rings. The Bertz CT molecular complexity index is 1150. The van der Waals surface area contributed by atoms with E-state index >= 15 is 0 Å². The molecular weight excluding hydrogens is 732 g/mol. The number of nitrogens with one attached hydrogen (secondary N) is 1. The van der Waals surface area contributed by atoms with Crippen molar-refractivity contribution in [3.05, 3.63) is 46.0 Å². The molecule has 3 heterocycles. The quantitative estimate of drug-likeness (QED) is 0.158. The molecule has 3 amide bonds. The molecule has 4 atom stereocenters. The Labute approximate surface area is 290 Å². The molecule has 250 valence electrons. The topological polar surface area (TPSA) is 95.9 Å². The van der Waals surface area contributed by atoms with Crippen molar-refractivity contribution in [1.29, 1.82) is 0 Å². The summed E-state index contributed by atoms with van der Waals surface area (Å²) in [5, 5.41) is 3.96. The van der Waals surface area contributed by atoms with Crippen molar-refractivity contribution in [1.82, 2.24) is 20.0 Å². The smallest absolute Gasteiger partial charge is 0.318 e. The molecule has 0 bridgehead atoms. The van der Waals surface area contributed by atoms with Crippen LogP contribution in [0, 0.1) is 5.92 Å². The van der Waals surface area contributed by atoms with E-state index in [0.717, 1.165) is 31.5 Å². The Balaban J connectivity index is 1.40. The Morgan fingerprint density at radius 1 is 1.09 bits per heavy atom. The Morgan fingerprint density at radius 3 is 2.42 bits per heavy atom. The molecule has 1 aromatic carbocycles. The summed E-state index contributed by atoms with van der Waals surface area (Å²) in [6.45, 7) is 5.56. The van der Waals surface area contributed by atoms with E-state index < -0.39 is 6.04 Å². The first-order valence-electron chi connectivity index (χ1n) is 15.8. The molecule has 13 heteroatoms. The molecule has 1 aromatic rings. The van der Waals surface area contributed by atoms with E-state index in [1.165, 1.54) is 12.8 Å². The lowest BCUT2D eigenvalue weighted by Gasteiger charge is -2.39. The number of benzene rings is 1. The number of hydrogen-bond donors (Lipinski definition) is 1. The van der Waals surface area contributed by atoms with Crippen LogP contribution in [0.2, 0.25) is 10.0 Å². The van der Waals surface area contributed by atoms with Crippen LogP contribution in [0.25, 0.3) is 0 Å². The van der Waals surface area contributed by atoms with Gasteiger partial charge in [0.15, 0.2) is 0 Å². The minimum Gasteiger partial charge on any atom is -0.383 e. The van der Waals surface area contributed by atoms with Crippen LogP contribution in [0.1, 0.15) is 31.2 Å². The highest BCUT2D eigenvalue weighted by Crippen LogP contribution is 2.30. The number of carbonyl (C=O) groups is 2. The molecule has 0 radical (unpaired) electrons. The van der Waals surface area contributed by atoms with Crippen molar-refractivity contribution >= 4 is 63.9 Å². The largest absolute Gasteiger partial charge is 0.383 e. The second-order valence-electron chi connectivity index (χ2n) is 11.7. The maximum Gasteiger partial charge on any atom is 0.318 e. The first-order valence-corrected chi connectivity index (χ1v) is 17.8. The number of ether oxygens (including phenoxy) is 3. The van der Waals surface area contributed by atoms with Gasteiger partial charge in [-0.25, -0.2) is 4.79 Å². The van der Waals surface area contributed by atoms with Crippen LogP contribution in [0.4, 0.5) is 4.79 Å². The summed E-state index contributed by atoms with van der Waals surface area (Å²) >= 11 is 15.1. The monoisotopic (exact) mass is 777 g/mol. The van der Waals surface area contributed by atoms with E-state index in [0.29, 0.717) is 60.1 Å². The highest BCUT2D eigenvalue weighted by Gasteiger charge is 2.36. The summed E-state index contributed by atoms with van der Waals surface area (Å²) in [5.41, 5.74) is 0.737. The van der Waals surface area contributed by atoms with Crippen molar-refractivity contribution in [2.24, 2.45) is 10.9 Å². The van der Waals surface area contributed by atoms with Crippen LogP contribution in [0.3, 0.4) is 0 Å². The fraction of sp³-hybridized carbons (Fsp3) is 0.656. The number of urea groups is 1. The van der Waals surface area contributed by atoms with Crippen LogP contribution in [0.5, 0.6) is 0 Å². The van der Waals surface area contributed by atoms with E-state index in [2.05, 4.69) is 38.9 Å². The molecule has 0 aromatic heterocycles. The van der Waals surface area contributed by atoms with Gasteiger partial charge in [0, 0.05) is 63.1 Å². The molecule has 10 nitrogen and oxygen atoms in total. The number of alkyl halides is 1. The zero-order chi connectivity index (χ0) is 32.2. The molecule has 3 aliphatic heterocycles. The highest BCUT2D eigenvalue weighted by molar-refractivity contribution is 14.1. The average molecular weight is 779 g/mol. The van der Waals surface area contributed by atoms with Gasteiger partial charge >= 0.3 is 6.03 Å². The number of likely N-dealkylation sites (tertiary alicyclic amines) is 2. The highest BCUT2D eigenvalue weighted by atomic mass is 127. The number of rotatable bonds is 15. The summed E-state index contributed by atoms with van der Waals surface area (Å²) in [6, 6.07) is 4.05. The summed E-state index contributed by atoms with van der Waals surface area (Å²) < 4.78 is 17.2. The van der Waals surface area contributed by atoms with Gasteiger partial charge in [-0.2, -0.15) is 0 Å². The number of carbonyl (C=O) groups excluding carboxylic acids is 2. The van der Waals surface area contributed by atoms with E-state index in [4.69, 9.17) is 42.4 Å². The number of allylic oxidation sites excluding steroid dienone is 1.